The fourth-order valence-corrected chi connectivity index (χ4v) is 1.68. The maximum absolute atomic E-state index is 11.1. The average Bonchev–Trinajstić information content (AvgIpc) is 2.46. The molecule has 1 aromatic carbocycles. The number of benzene rings is 1. The Labute approximate surface area is 125 Å². The maximum atomic E-state index is 11.1. The predicted octanol–water partition coefficient (Wildman–Crippen LogP) is 1.07. The van der Waals surface area contributed by atoms with Gasteiger partial charge in [0.15, 0.2) is 17.6 Å². The van der Waals surface area contributed by atoms with Crippen LogP contribution in [-0.2, 0) is 16.1 Å². The minimum absolute atomic E-state index is 0.511. The molecule has 0 radical (unpaired) electrons. The summed E-state index contributed by atoms with van der Waals surface area (Å²) in [6.07, 6.45) is -0.699. The molecule has 6 nitrogen and oxygen atoms in total. The molecular formula is C15H24N2O4. The second kappa shape index (κ2) is 9.20. The Morgan fingerprint density at radius 3 is 2.76 bits per heavy atom. The van der Waals surface area contributed by atoms with Crippen LogP contribution >= 0.6 is 0 Å². The van der Waals surface area contributed by atoms with Crippen molar-refractivity contribution >= 4 is 5.91 Å². The minimum Gasteiger partial charge on any atom is -0.490 e. The summed E-state index contributed by atoms with van der Waals surface area (Å²) in [6, 6.07) is 5.61. The van der Waals surface area contributed by atoms with Gasteiger partial charge in [-0.3, -0.25) is 4.79 Å². The Morgan fingerprint density at radius 1 is 1.38 bits per heavy atom. The summed E-state index contributed by atoms with van der Waals surface area (Å²) >= 11 is 0. The van der Waals surface area contributed by atoms with E-state index in [-0.39, 0.29) is 0 Å². The van der Waals surface area contributed by atoms with Crippen LogP contribution < -0.4 is 20.5 Å². The first-order valence-electron chi connectivity index (χ1n) is 6.99. The zero-order valence-corrected chi connectivity index (χ0v) is 12.8. The van der Waals surface area contributed by atoms with E-state index in [4.69, 9.17) is 19.9 Å². The summed E-state index contributed by atoms with van der Waals surface area (Å²) in [4.78, 5) is 11.1. The molecule has 0 aliphatic rings. The Bertz CT molecular complexity index is 451. The van der Waals surface area contributed by atoms with Crippen LogP contribution in [0.25, 0.3) is 0 Å². The lowest BCUT2D eigenvalue weighted by Crippen LogP contribution is -2.30. The molecule has 1 rings (SSSR count). The van der Waals surface area contributed by atoms with E-state index in [9.17, 15) is 4.79 Å². The Kier molecular flexibility index (Phi) is 7.56. The molecule has 0 heterocycles. The average molecular weight is 296 g/mol. The zero-order chi connectivity index (χ0) is 15.7. The quantitative estimate of drug-likeness (QED) is 0.631. The van der Waals surface area contributed by atoms with E-state index in [1.165, 1.54) is 0 Å². The lowest BCUT2D eigenvalue weighted by molar-refractivity contribution is -0.124. The molecule has 0 bridgehead atoms. The van der Waals surface area contributed by atoms with Crippen LogP contribution in [0.15, 0.2) is 18.2 Å². The van der Waals surface area contributed by atoms with Crippen LogP contribution in [0.1, 0.15) is 19.4 Å². The SMILES string of the molecule is CCOc1cc(CNCCOC)ccc1OC(C)C(N)=O. The highest BCUT2D eigenvalue weighted by molar-refractivity contribution is 5.78. The molecule has 0 aromatic heterocycles. The van der Waals surface area contributed by atoms with Crippen molar-refractivity contribution in [1.29, 1.82) is 0 Å². The van der Waals surface area contributed by atoms with Crippen LogP contribution in [-0.4, -0.2) is 38.9 Å². The third kappa shape index (κ3) is 6.01. The first-order valence-corrected chi connectivity index (χ1v) is 6.99. The standard InChI is InChI=1S/C15H24N2O4/c1-4-20-14-9-12(10-17-7-8-19-3)5-6-13(14)21-11(2)15(16)18/h5-6,9,11,17H,4,7-8,10H2,1-3H3,(H2,16,18). The van der Waals surface area contributed by atoms with Gasteiger partial charge in [-0.05, 0) is 31.5 Å². The molecule has 0 aliphatic heterocycles. The highest BCUT2D eigenvalue weighted by Crippen LogP contribution is 2.29. The van der Waals surface area contributed by atoms with Crippen LogP contribution in [0.4, 0.5) is 0 Å². The largest absolute Gasteiger partial charge is 0.490 e. The second-order valence-electron chi connectivity index (χ2n) is 4.55. The minimum atomic E-state index is -0.699. The molecule has 0 saturated carbocycles. The molecule has 1 amide bonds. The van der Waals surface area contributed by atoms with Crippen molar-refractivity contribution in [3.8, 4) is 11.5 Å². The van der Waals surface area contributed by atoms with Gasteiger partial charge in [0.2, 0.25) is 0 Å². The van der Waals surface area contributed by atoms with Crippen LogP contribution in [0.2, 0.25) is 0 Å². The second-order valence-corrected chi connectivity index (χ2v) is 4.55. The van der Waals surface area contributed by atoms with Crippen molar-refractivity contribution in [2.45, 2.75) is 26.5 Å². The van der Waals surface area contributed by atoms with Crippen LogP contribution in [0.3, 0.4) is 0 Å². The van der Waals surface area contributed by atoms with Gasteiger partial charge in [-0.15, -0.1) is 0 Å². The summed E-state index contributed by atoms with van der Waals surface area (Å²) in [6.45, 7) is 6.16. The first-order chi connectivity index (χ1) is 10.1. The molecule has 6 heteroatoms. The van der Waals surface area contributed by atoms with Crippen molar-refractivity contribution in [1.82, 2.24) is 5.32 Å². The van der Waals surface area contributed by atoms with E-state index >= 15 is 0 Å². The monoisotopic (exact) mass is 296 g/mol. The number of nitrogens with two attached hydrogens (primary N) is 1. The van der Waals surface area contributed by atoms with E-state index in [1.807, 2.05) is 19.1 Å². The Morgan fingerprint density at radius 2 is 2.14 bits per heavy atom. The summed E-state index contributed by atoms with van der Waals surface area (Å²) in [5, 5.41) is 3.25. The van der Waals surface area contributed by atoms with Gasteiger partial charge in [-0.2, -0.15) is 0 Å². The number of nitrogens with one attached hydrogen (secondary N) is 1. The predicted molar refractivity (Wildman–Crippen MR) is 80.5 cm³/mol. The molecule has 0 aliphatic carbocycles. The number of primary amides is 1. The molecule has 118 valence electrons. The van der Waals surface area contributed by atoms with Crippen LogP contribution in [0, 0.1) is 0 Å². The number of carbonyl (C=O) groups is 1. The molecule has 0 fully saturated rings. The summed E-state index contributed by atoms with van der Waals surface area (Å²) in [5.41, 5.74) is 6.27. The van der Waals surface area contributed by atoms with Crippen molar-refractivity contribution in [3.63, 3.8) is 0 Å². The number of rotatable bonds is 10. The number of hydrogen-bond donors (Lipinski definition) is 2. The van der Waals surface area contributed by atoms with Gasteiger partial charge in [-0.1, -0.05) is 6.07 Å². The lowest BCUT2D eigenvalue weighted by atomic mass is 10.2. The molecule has 0 saturated heterocycles. The molecular weight excluding hydrogens is 272 g/mol. The van der Waals surface area contributed by atoms with Gasteiger partial charge in [0, 0.05) is 20.2 Å². The highest BCUT2D eigenvalue weighted by Gasteiger charge is 2.14. The Hall–Kier alpha value is -1.79. The highest BCUT2D eigenvalue weighted by atomic mass is 16.5. The van der Waals surface area contributed by atoms with Crippen molar-refractivity contribution in [2.75, 3.05) is 26.9 Å². The third-order valence-corrected chi connectivity index (χ3v) is 2.82. The molecule has 1 unspecified atom stereocenters. The number of carbonyl (C=O) groups excluding carboxylic acids is 1. The van der Waals surface area contributed by atoms with Crippen LogP contribution in [0.5, 0.6) is 11.5 Å². The molecule has 1 atom stereocenters. The van der Waals surface area contributed by atoms with E-state index in [0.717, 1.165) is 12.1 Å². The van der Waals surface area contributed by atoms with Gasteiger partial charge >= 0.3 is 0 Å². The van der Waals surface area contributed by atoms with Gasteiger partial charge in [0.05, 0.1) is 13.2 Å². The Balaban J connectivity index is 2.73. The smallest absolute Gasteiger partial charge is 0.258 e. The zero-order valence-electron chi connectivity index (χ0n) is 12.8. The first kappa shape index (κ1) is 17.3. The summed E-state index contributed by atoms with van der Waals surface area (Å²) < 4.78 is 16.1. The lowest BCUT2D eigenvalue weighted by Gasteiger charge is -2.16. The summed E-state index contributed by atoms with van der Waals surface area (Å²) in [7, 11) is 1.67. The topological polar surface area (TPSA) is 82.8 Å². The van der Waals surface area contributed by atoms with E-state index < -0.39 is 12.0 Å². The normalized spacial score (nSPS) is 12.0. The molecule has 0 spiro atoms. The van der Waals surface area contributed by atoms with Gasteiger partial charge in [-0.25, -0.2) is 0 Å². The summed E-state index contributed by atoms with van der Waals surface area (Å²) in [5.74, 6) is 0.614. The number of amides is 1. The third-order valence-electron chi connectivity index (χ3n) is 2.82. The van der Waals surface area contributed by atoms with Gasteiger partial charge < -0.3 is 25.3 Å². The molecule has 21 heavy (non-hydrogen) atoms. The number of ether oxygens (including phenoxy) is 3. The van der Waals surface area contributed by atoms with Gasteiger partial charge in [0.1, 0.15) is 0 Å². The van der Waals surface area contributed by atoms with Crippen molar-refractivity contribution in [2.24, 2.45) is 5.73 Å². The van der Waals surface area contributed by atoms with Gasteiger partial charge in [0.25, 0.3) is 5.91 Å². The van der Waals surface area contributed by atoms with E-state index in [2.05, 4.69) is 5.32 Å². The number of hydrogen-bond acceptors (Lipinski definition) is 5. The fourth-order valence-electron chi connectivity index (χ4n) is 1.68. The van der Waals surface area contributed by atoms with E-state index in [1.54, 1.807) is 20.1 Å². The number of methoxy groups -OCH3 is 1. The van der Waals surface area contributed by atoms with Crippen molar-refractivity contribution in [3.05, 3.63) is 23.8 Å². The molecule has 1 aromatic rings. The fraction of sp³-hybridized carbons (Fsp3) is 0.533. The molecule has 3 N–H and O–H groups in total. The maximum Gasteiger partial charge on any atom is 0.258 e. The van der Waals surface area contributed by atoms with E-state index in [0.29, 0.717) is 31.3 Å². The van der Waals surface area contributed by atoms with Crippen molar-refractivity contribution < 1.29 is 19.0 Å².